The topological polar surface area (TPSA) is 6.48 Å². The highest BCUT2D eigenvalue weighted by atomic mass is 15.1. The molecule has 0 amide bonds. The molecule has 0 heterocycles. The molecule has 0 saturated carbocycles. The van der Waals surface area contributed by atoms with E-state index in [1.165, 1.54) is 66.4 Å². The van der Waals surface area contributed by atoms with Crippen molar-refractivity contribution < 1.29 is 0 Å². The summed E-state index contributed by atoms with van der Waals surface area (Å²) in [7, 11) is 0. The van der Waals surface area contributed by atoms with Gasteiger partial charge in [-0.15, -0.1) is 0 Å². The Balaban J connectivity index is 0.895. The van der Waals surface area contributed by atoms with Crippen molar-refractivity contribution in [2.75, 3.05) is 9.80 Å². The Kier molecular flexibility index (Phi) is 12.2. The summed E-state index contributed by atoms with van der Waals surface area (Å²) in [6.07, 6.45) is 0. The predicted octanol–water partition coefficient (Wildman–Crippen LogP) is 20.8. The van der Waals surface area contributed by atoms with Gasteiger partial charge < -0.3 is 9.80 Å². The fraction of sp³-hybridized carbons (Fsp3) is 0.0130. The molecule has 0 saturated heterocycles. The molecule has 14 rings (SSSR count). The molecule has 2 nitrogen and oxygen atoms in total. The van der Waals surface area contributed by atoms with Gasteiger partial charge in [-0.25, -0.2) is 0 Å². The van der Waals surface area contributed by atoms with Crippen LogP contribution < -0.4 is 9.80 Å². The number of nitrogens with zero attached hydrogens (tertiary/aromatic N) is 2. The number of hydrogen-bond acceptors (Lipinski definition) is 2. The molecule has 0 radical (unpaired) electrons. The van der Waals surface area contributed by atoms with Crippen molar-refractivity contribution >= 4 is 44.9 Å². The number of benzene rings is 13. The zero-order valence-electron chi connectivity index (χ0n) is 43.6. The SMILES string of the molecule is c1ccc(-c2cc(-c3ccc(N(c4ccccc4)c4ccc5ccccc5c4)cc3)c(-c3ccccc3)cc2-c2ccc(N(c3ccccc3)c3ccc4c(c3)C(c3ccccc3)(c3ccccc3)c3ccccc3-4)cc2)cc1. The van der Waals surface area contributed by atoms with Gasteiger partial charge in [0.05, 0.1) is 5.41 Å². The summed E-state index contributed by atoms with van der Waals surface area (Å²) >= 11 is 0. The summed E-state index contributed by atoms with van der Waals surface area (Å²) in [5.41, 5.74) is 22.9. The van der Waals surface area contributed by atoms with E-state index in [1.54, 1.807) is 0 Å². The van der Waals surface area contributed by atoms with E-state index >= 15 is 0 Å². The average molecular weight is 1010 g/mol. The van der Waals surface area contributed by atoms with Crippen LogP contribution in [0.3, 0.4) is 0 Å². The van der Waals surface area contributed by atoms with Crippen LogP contribution in [0.2, 0.25) is 0 Å². The van der Waals surface area contributed by atoms with Gasteiger partial charge in [-0.3, -0.25) is 0 Å². The third-order valence-electron chi connectivity index (χ3n) is 15.9. The largest absolute Gasteiger partial charge is 0.310 e. The molecule has 13 aromatic rings. The van der Waals surface area contributed by atoms with Crippen LogP contribution in [0, 0.1) is 0 Å². The van der Waals surface area contributed by atoms with E-state index in [2.05, 4.69) is 337 Å². The Morgan fingerprint density at radius 3 is 1.03 bits per heavy atom. The van der Waals surface area contributed by atoms with Gasteiger partial charge in [0.1, 0.15) is 0 Å². The second kappa shape index (κ2) is 20.3. The normalized spacial score (nSPS) is 12.2. The number of hydrogen-bond donors (Lipinski definition) is 0. The molecule has 79 heavy (non-hydrogen) atoms. The highest BCUT2D eigenvalue weighted by molar-refractivity contribution is 5.97. The molecular formula is C77H54N2. The third kappa shape index (κ3) is 8.48. The second-order valence-electron chi connectivity index (χ2n) is 20.4. The minimum Gasteiger partial charge on any atom is -0.310 e. The second-order valence-corrected chi connectivity index (χ2v) is 20.4. The molecule has 2 heteroatoms. The van der Waals surface area contributed by atoms with E-state index in [-0.39, 0.29) is 0 Å². The monoisotopic (exact) mass is 1010 g/mol. The molecular weight excluding hydrogens is 953 g/mol. The van der Waals surface area contributed by atoms with Crippen molar-refractivity contribution in [1.82, 2.24) is 0 Å². The Morgan fingerprint density at radius 2 is 0.532 bits per heavy atom. The van der Waals surface area contributed by atoms with Crippen LogP contribution in [0.4, 0.5) is 34.1 Å². The molecule has 0 unspecified atom stereocenters. The average Bonchev–Trinajstić information content (AvgIpc) is 3.69. The molecule has 0 N–H and O–H groups in total. The lowest BCUT2D eigenvalue weighted by atomic mass is 9.67. The van der Waals surface area contributed by atoms with Gasteiger partial charge in [-0.05, 0) is 174 Å². The number of rotatable bonds is 12. The number of para-hydroxylation sites is 2. The lowest BCUT2D eigenvalue weighted by molar-refractivity contribution is 0.768. The molecule has 1 aliphatic rings. The minimum absolute atomic E-state index is 0.518. The van der Waals surface area contributed by atoms with Crippen LogP contribution in [0.5, 0.6) is 0 Å². The third-order valence-corrected chi connectivity index (χ3v) is 15.9. The lowest BCUT2D eigenvalue weighted by Crippen LogP contribution is -2.28. The number of fused-ring (bicyclic) bond motifs is 4. The van der Waals surface area contributed by atoms with Crippen LogP contribution in [0.1, 0.15) is 22.3 Å². The van der Waals surface area contributed by atoms with E-state index in [4.69, 9.17) is 0 Å². The van der Waals surface area contributed by atoms with Crippen molar-refractivity contribution in [3.8, 4) is 55.6 Å². The Hall–Kier alpha value is -10.3. The zero-order valence-corrected chi connectivity index (χ0v) is 43.6. The standard InChI is InChI=1S/C77H54N2/c1-7-24-56(25-8-1)71-54-74(72(57-26-9-2-10-27-57)53-73(71)58-40-44-65(45-41-58)78(63-33-15-5-16-34-63)67-48-39-55-23-19-20-28-60(55)51-67)59-42-46-66(47-43-59)79(64-35-17-6-18-36-64)68-49-50-70-69-37-21-22-38-75(69)77(76(70)52-68,61-29-11-3-12-30-61)62-31-13-4-14-32-62/h1-54H. The summed E-state index contributed by atoms with van der Waals surface area (Å²) in [5, 5.41) is 2.43. The van der Waals surface area contributed by atoms with E-state index < -0.39 is 5.41 Å². The van der Waals surface area contributed by atoms with Gasteiger partial charge in [-0.2, -0.15) is 0 Å². The van der Waals surface area contributed by atoms with E-state index in [0.29, 0.717) is 0 Å². The van der Waals surface area contributed by atoms with Crippen LogP contribution in [0.15, 0.2) is 328 Å². The smallest absolute Gasteiger partial charge is 0.0714 e. The Labute approximate surface area is 463 Å². The first kappa shape index (κ1) is 47.2. The highest BCUT2D eigenvalue weighted by Crippen LogP contribution is 2.57. The maximum Gasteiger partial charge on any atom is 0.0714 e. The van der Waals surface area contributed by atoms with Crippen molar-refractivity contribution in [3.63, 3.8) is 0 Å². The Bertz CT molecular complexity index is 4220. The molecule has 0 atom stereocenters. The van der Waals surface area contributed by atoms with Crippen LogP contribution >= 0.6 is 0 Å². The van der Waals surface area contributed by atoms with Gasteiger partial charge in [0.25, 0.3) is 0 Å². The zero-order chi connectivity index (χ0) is 52.5. The molecule has 13 aromatic carbocycles. The van der Waals surface area contributed by atoms with Crippen molar-refractivity contribution in [3.05, 3.63) is 350 Å². The molecule has 0 bridgehead atoms. The maximum absolute atomic E-state index is 2.45. The first-order valence-electron chi connectivity index (χ1n) is 27.2. The Morgan fingerprint density at radius 1 is 0.190 bits per heavy atom. The summed E-state index contributed by atoms with van der Waals surface area (Å²) in [5.74, 6) is 0. The molecule has 0 aliphatic heterocycles. The van der Waals surface area contributed by atoms with E-state index in [0.717, 1.165) is 56.4 Å². The predicted molar refractivity (Wildman–Crippen MR) is 332 cm³/mol. The van der Waals surface area contributed by atoms with Gasteiger partial charge in [0.15, 0.2) is 0 Å². The highest BCUT2D eigenvalue weighted by Gasteiger charge is 2.46. The van der Waals surface area contributed by atoms with E-state index in [9.17, 15) is 0 Å². The van der Waals surface area contributed by atoms with Crippen LogP contribution in [-0.2, 0) is 5.41 Å². The lowest BCUT2D eigenvalue weighted by Gasteiger charge is -2.35. The molecule has 0 fully saturated rings. The molecule has 372 valence electrons. The fourth-order valence-corrected chi connectivity index (χ4v) is 12.3. The van der Waals surface area contributed by atoms with Crippen molar-refractivity contribution in [2.24, 2.45) is 0 Å². The van der Waals surface area contributed by atoms with Gasteiger partial charge >= 0.3 is 0 Å². The van der Waals surface area contributed by atoms with Gasteiger partial charge in [0, 0.05) is 34.1 Å². The fourth-order valence-electron chi connectivity index (χ4n) is 12.3. The number of anilines is 6. The first-order chi connectivity index (χ1) is 39.2. The van der Waals surface area contributed by atoms with Gasteiger partial charge in [0.2, 0.25) is 0 Å². The summed E-state index contributed by atoms with van der Waals surface area (Å²) in [6, 6.07) is 120. The summed E-state index contributed by atoms with van der Waals surface area (Å²) < 4.78 is 0. The summed E-state index contributed by atoms with van der Waals surface area (Å²) in [4.78, 5) is 4.76. The summed E-state index contributed by atoms with van der Waals surface area (Å²) in [6.45, 7) is 0. The quantitative estimate of drug-likeness (QED) is 0.120. The molecule has 0 aromatic heterocycles. The van der Waals surface area contributed by atoms with Crippen LogP contribution in [-0.4, -0.2) is 0 Å². The maximum atomic E-state index is 2.45. The van der Waals surface area contributed by atoms with Crippen molar-refractivity contribution in [1.29, 1.82) is 0 Å². The minimum atomic E-state index is -0.518. The van der Waals surface area contributed by atoms with Gasteiger partial charge in [-0.1, -0.05) is 243 Å². The first-order valence-corrected chi connectivity index (χ1v) is 27.2. The molecule has 0 spiro atoms. The van der Waals surface area contributed by atoms with E-state index in [1.807, 2.05) is 0 Å². The van der Waals surface area contributed by atoms with Crippen molar-refractivity contribution in [2.45, 2.75) is 5.41 Å². The molecule has 1 aliphatic carbocycles. The van der Waals surface area contributed by atoms with Crippen LogP contribution in [0.25, 0.3) is 66.4 Å².